The predicted octanol–water partition coefficient (Wildman–Crippen LogP) is 5.41. The van der Waals surface area contributed by atoms with Gasteiger partial charge < -0.3 is 29.4 Å². The lowest BCUT2D eigenvalue weighted by Gasteiger charge is -2.13. The fourth-order valence-corrected chi connectivity index (χ4v) is 3.30. The van der Waals surface area contributed by atoms with Crippen LogP contribution >= 0.6 is 0 Å². The normalized spacial score (nSPS) is 10.9. The van der Waals surface area contributed by atoms with E-state index in [-0.39, 0.29) is 11.5 Å². The molecule has 0 aromatic heterocycles. The van der Waals surface area contributed by atoms with Crippen molar-refractivity contribution in [2.45, 2.75) is 0 Å². The summed E-state index contributed by atoms with van der Waals surface area (Å²) in [5.74, 6) is 1.71. The van der Waals surface area contributed by atoms with E-state index in [0.717, 1.165) is 5.56 Å². The summed E-state index contributed by atoms with van der Waals surface area (Å²) >= 11 is 0. The van der Waals surface area contributed by atoms with E-state index in [0.29, 0.717) is 39.8 Å². The maximum Gasteiger partial charge on any atom is 0.203 e. The molecular formula is C27H27NO6. The molecule has 0 saturated carbocycles. The molecule has 0 heterocycles. The molecule has 0 bridgehead atoms. The third-order valence-electron chi connectivity index (χ3n) is 5.03. The number of benzene rings is 3. The van der Waals surface area contributed by atoms with Gasteiger partial charge in [0, 0.05) is 35.2 Å². The fraction of sp³-hybridized carbons (Fsp3) is 0.148. The molecule has 0 aliphatic carbocycles. The zero-order valence-corrected chi connectivity index (χ0v) is 19.5. The summed E-state index contributed by atoms with van der Waals surface area (Å²) in [7, 11) is 6.12. The minimum Gasteiger partial charge on any atom is -0.504 e. The van der Waals surface area contributed by atoms with Crippen LogP contribution in [0.25, 0.3) is 12.2 Å². The molecule has 0 aliphatic rings. The van der Waals surface area contributed by atoms with Crippen LogP contribution in [0.1, 0.15) is 21.5 Å². The summed E-state index contributed by atoms with van der Waals surface area (Å²) < 4.78 is 21.4. The van der Waals surface area contributed by atoms with Crippen molar-refractivity contribution >= 4 is 23.6 Å². The number of nitrogens with one attached hydrogen (secondary N) is 1. The first-order valence-electron chi connectivity index (χ1n) is 10.4. The number of carbonyl (C=O) groups is 1. The molecule has 0 spiro atoms. The number of ether oxygens (including phenoxy) is 4. The van der Waals surface area contributed by atoms with Gasteiger partial charge >= 0.3 is 0 Å². The van der Waals surface area contributed by atoms with Gasteiger partial charge in [-0.05, 0) is 23.8 Å². The zero-order valence-electron chi connectivity index (χ0n) is 19.5. The molecule has 0 amide bonds. The van der Waals surface area contributed by atoms with Crippen molar-refractivity contribution in [2.75, 3.05) is 33.8 Å². The lowest BCUT2D eigenvalue weighted by Crippen LogP contribution is -1.97. The Kier molecular flexibility index (Phi) is 8.18. The van der Waals surface area contributed by atoms with E-state index in [1.807, 2.05) is 42.5 Å². The van der Waals surface area contributed by atoms with Crippen molar-refractivity contribution in [3.63, 3.8) is 0 Å². The van der Waals surface area contributed by atoms with Crippen molar-refractivity contribution in [1.29, 1.82) is 0 Å². The molecule has 0 fully saturated rings. The lowest BCUT2D eigenvalue weighted by molar-refractivity contribution is 0.104. The minimum atomic E-state index is -0.131. The molecule has 0 unspecified atom stereocenters. The third kappa shape index (κ3) is 5.69. The molecule has 3 aromatic rings. The van der Waals surface area contributed by atoms with E-state index in [4.69, 9.17) is 18.9 Å². The van der Waals surface area contributed by atoms with Crippen molar-refractivity contribution in [2.24, 2.45) is 0 Å². The van der Waals surface area contributed by atoms with E-state index < -0.39 is 0 Å². The van der Waals surface area contributed by atoms with Crippen LogP contribution in [0.4, 0.5) is 5.69 Å². The molecule has 0 saturated heterocycles. The largest absolute Gasteiger partial charge is 0.504 e. The van der Waals surface area contributed by atoms with E-state index in [1.165, 1.54) is 13.2 Å². The van der Waals surface area contributed by atoms with Crippen molar-refractivity contribution < 1.29 is 28.8 Å². The smallest absolute Gasteiger partial charge is 0.203 e. The molecule has 0 radical (unpaired) electrons. The van der Waals surface area contributed by atoms with Gasteiger partial charge in [-0.25, -0.2) is 0 Å². The van der Waals surface area contributed by atoms with E-state index in [2.05, 4.69) is 5.32 Å². The highest BCUT2D eigenvalue weighted by Gasteiger charge is 2.13. The molecule has 34 heavy (non-hydrogen) atoms. The highest BCUT2D eigenvalue weighted by molar-refractivity contribution is 6.04. The summed E-state index contributed by atoms with van der Waals surface area (Å²) in [4.78, 5) is 12.3. The Morgan fingerprint density at radius 2 is 1.47 bits per heavy atom. The van der Waals surface area contributed by atoms with E-state index >= 15 is 0 Å². The summed E-state index contributed by atoms with van der Waals surface area (Å²) in [5.41, 5.74) is 2.69. The average molecular weight is 462 g/mol. The maximum absolute atomic E-state index is 12.3. The first-order valence-corrected chi connectivity index (χ1v) is 10.4. The molecule has 0 aliphatic heterocycles. The number of ketones is 1. The molecule has 7 nitrogen and oxygen atoms in total. The number of aromatic hydroxyl groups is 1. The van der Waals surface area contributed by atoms with Crippen molar-refractivity contribution in [1.82, 2.24) is 0 Å². The predicted molar refractivity (Wildman–Crippen MR) is 133 cm³/mol. The van der Waals surface area contributed by atoms with Crippen LogP contribution in [0.3, 0.4) is 0 Å². The maximum atomic E-state index is 12.3. The number of carbonyl (C=O) groups excluding carboxylic acids is 1. The Hall–Kier alpha value is -4.39. The second-order valence-electron chi connectivity index (χ2n) is 7.11. The SMILES string of the molecule is COc1cc(N/C=C\C(=O)c2ccccc2)c(/C=C/c2cc(OC)c(OC)c(OC)c2)cc1O. The number of hydrogen-bond donors (Lipinski definition) is 2. The first kappa shape index (κ1) is 24.3. The average Bonchev–Trinajstić information content (AvgIpc) is 2.87. The van der Waals surface area contributed by atoms with Gasteiger partial charge in [-0.1, -0.05) is 42.5 Å². The molecule has 3 rings (SSSR count). The Morgan fingerprint density at radius 3 is 2.06 bits per heavy atom. The Morgan fingerprint density at radius 1 is 0.824 bits per heavy atom. The molecule has 3 aromatic carbocycles. The van der Waals surface area contributed by atoms with Crippen LogP contribution in [0.15, 0.2) is 66.9 Å². The standard InChI is InChI=1S/C27H27NO6/c1-31-24-17-21(28-13-12-22(29)19-8-6-5-7-9-19)20(16-23(24)30)11-10-18-14-25(32-2)27(34-4)26(15-18)33-3/h5-17,28,30H,1-4H3/b11-10+,13-12-. The van der Waals surface area contributed by atoms with Gasteiger partial charge in [0.2, 0.25) is 5.75 Å². The Balaban J connectivity index is 1.91. The van der Waals surface area contributed by atoms with Crippen molar-refractivity contribution in [3.05, 3.63) is 83.6 Å². The Bertz CT molecular complexity index is 1180. The van der Waals surface area contributed by atoms with Crippen LogP contribution in [-0.4, -0.2) is 39.3 Å². The van der Waals surface area contributed by atoms with Gasteiger partial charge in [0.25, 0.3) is 0 Å². The van der Waals surface area contributed by atoms with Gasteiger partial charge in [0.15, 0.2) is 28.8 Å². The summed E-state index contributed by atoms with van der Waals surface area (Å²) in [6, 6.07) is 15.8. The number of rotatable bonds is 10. The highest BCUT2D eigenvalue weighted by Crippen LogP contribution is 2.39. The van der Waals surface area contributed by atoms with Gasteiger partial charge in [-0.2, -0.15) is 0 Å². The number of methoxy groups -OCH3 is 4. The summed E-state index contributed by atoms with van der Waals surface area (Å²) in [5, 5.41) is 13.4. The monoisotopic (exact) mass is 461 g/mol. The van der Waals surface area contributed by atoms with E-state index in [9.17, 15) is 9.90 Å². The number of allylic oxidation sites excluding steroid dienone is 1. The number of phenols is 1. The third-order valence-corrected chi connectivity index (χ3v) is 5.03. The number of phenolic OH excluding ortho intramolecular Hbond substituents is 1. The van der Waals surface area contributed by atoms with Crippen LogP contribution in [-0.2, 0) is 0 Å². The first-order chi connectivity index (χ1) is 16.5. The van der Waals surface area contributed by atoms with Crippen molar-refractivity contribution in [3.8, 4) is 28.7 Å². The molecule has 2 N–H and O–H groups in total. The molecule has 176 valence electrons. The van der Waals surface area contributed by atoms with Gasteiger partial charge in [0.05, 0.1) is 28.4 Å². The van der Waals surface area contributed by atoms with Gasteiger partial charge in [-0.15, -0.1) is 0 Å². The second-order valence-corrected chi connectivity index (χ2v) is 7.11. The summed E-state index contributed by atoms with van der Waals surface area (Å²) in [6.07, 6.45) is 6.66. The van der Waals surface area contributed by atoms with Crippen LogP contribution in [0.2, 0.25) is 0 Å². The second kappa shape index (κ2) is 11.5. The highest BCUT2D eigenvalue weighted by atomic mass is 16.5. The molecular weight excluding hydrogens is 434 g/mol. The lowest BCUT2D eigenvalue weighted by atomic mass is 10.1. The van der Waals surface area contributed by atoms with Crippen LogP contribution < -0.4 is 24.3 Å². The van der Waals surface area contributed by atoms with Gasteiger partial charge in [0.1, 0.15) is 0 Å². The van der Waals surface area contributed by atoms with Crippen LogP contribution in [0, 0.1) is 0 Å². The molecule has 7 heteroatoms. The van der Waals surface area contributed by atoms with Gasteiger partial charge in [-0.3, -0.25) is 4.79 Å². The topological polar surface area (TPSA) is 86.3 Å². The zero-order chi connectivity index (χ0) is 24.5. The quantitative estimate of drug-likeness (QED) is 0.181. The minimum absolute atomic E-state index is 0.0121. The van der Waals surface area contributed by atoms with E-state index in [1.54, 1.807) is 51.8 Å². The molecule has 0 atom stereocenters. The number of hydrogen-bond acceptors (Lipinski definition) is 7. The van der Waals surface area contributed by atoms with Crippen LogP contribution in [0.5, 0.6) is 28.7 Å². The fourth-order valence-electron chi connectivity index (χ4n) is 3.30. The summed E-state index contributed by atoms with van der Waals surface area (Å²) in [6.45, 7) is 0. The Labute approximate surface area is 198 Å². The number of anilines is 1.